The number of dihydropyridines is 1. The topological polar surface area (TPSA) is 77.8 Å². The van der Waals surface area contributed by atoms with E-state index in [0.717, 1.165) is 21.5 Å². The molecule has 0 unspecified atom stereocenters. The lowest BCUT2D eigenvalue weighted by Crippen LogP contribution is -2.36. The van der Waals surface area contributed by atoms with E-state index < -0.39 is 11.9 Å². The molecule has 1 aromatic carbocycles. The largest absolute Gasteiger partial charge is 0.496 e. The molecule has 2 atom stereocenters. The minimum atomic E-state index is -0.512. The monoisotopic (exact) mass is 485 g/mol. The zero-order valence-corrected chi connectivity index (χ0v) is 19.2. The molecule has 0 saturated carbocycles. The van der Waals surface area contributed by atoms with Crippen molar-refractivity contribution >= 4 is 27.7 Å². The number of Topliss-reactive ketones (excluding diaryl/α,β-unsaturated/α-hetero) is 1. The molecule has 1 aliphatic carbocycles. The molecule has 0 amide bonds. The second-order valence-electron chi connectivity index (χ2n) is 7.65. The van der Waals surface area contributed by atoms with Gasteiger partial charge >= 0.3 is 5.97 Å². The van der Waals surface area contributed by atoms with Crippen LogP contribution in [0.2, 0.25) is 0 Å². The summed E-state index contributed by atoms with van der Waals surface area (Å²) in [7, 11) is 1.60. The van der Waals surface area contributed by atoms with Crippen LogP contribution in [0.4, 0.5) is 0 Å². The number of nitrogens with one attached hydrogen (secondary N) is 1. The molecule has 6 nitrogen and oxygen atoms in total. The lowest BCUT2D eigenvalue weighted by atomic mass is 9.72. The highest BCUT2D eigenvalue weighted by Gasteiger charge is 2.42. The number of carbonyl (C=O) groups excluding carboxylic acids is 2. The van der Waals surface area contributed by atoms with Crippen molar-refractivity contribution in [2.24, 2.45) is 0 Å². The van der Waals surface area contributed by atoms with Crippen LogP contribution in [0.1, 0.15) is 49.8 Å². The molecule has 1 N–H and O–H groups in total. The average Bonchev–Trinajstić information content (AvgIpc) is 3.27. The second-order valence-corrected chi connectivity index (χ2v) is 8.50. The third-order valence-corrected chi connectivity index (χ3v) is 6.40. The van der Waals surface area contributed by atoms with Crippen molar-refractivity contribution < 1.29 is 23.5 Å². The van der Waals surface area contributed by atoms with Crippen LogP contribution in [0.25, 0.3) is 0 Å². The van der Waals surface area contributed by atoms with Gasteiger partial charge in [0.1, 0.15) is 11.5 Å². The van der Waals surface area contributed by atoms with Crippen LogP contribution >= 0.6 is 15.9 Å². The fourth-order valence-electron chi connectivity index (χ4n) is 4.44. The maximum atomic E-state index is 13.4. The Kier molecular flexibility index (Phi) is 6.05. The molecule has 162 valence electrons. The Hall–Kier alpha value is -2.80. The molecule has 2 aliphatic rings. The molecule has 0 spiro atoms. The first-order valence-corrected chi connectivity index (χ1v) is 11.0. The molecule has 0 bridgehead atoms. The third kappa shape index (κ3) is 3.94. The average molecular weight is 486 g/mol. The number of hydrogen-bond acceptors (Lipinski definition) is 6. The molecule has 0 fully saturated rings. The van der Waals surface area contributed by atoms with E-state index in [1.165, 1.54) is 0 Å². The normalized spacial score (nSPS) is 21.0. The zero-order chi connectivity index (χ0) is 22.1. The molecular weight excluding hydrogens is 462 g/mol. The minimum absolute atomic E-state index is 0.00129. The molecule has 7 heteroatoms. The smallest absolute Gasteiger partial charge is 0.336 e. The molecule has 2 aromatic rings. The maximum absolute atomic E-state index is 13.4. The number of ketones is 1. The summed E-state index contributed by atoms with van der Waals surface area (Å²) in [6, 6.07) is 9.36. The fourth-order valence-corrected chi connectivity index (χ4v) is 5.00. The summed E-state index contributed by atoms with van der Waals surface area (Å²) < 4.78 is 17.0. The van der Waals surface area contributed by atoms with E-state index in [-0.39, 0.29) is 18.3 Å². The summed E-state index contributed by atoms with van der Waals surface area (Å²) in [5.74, 6) is 0.510. The first-order chi connectivity index (χ1) is 14.9. The van der Waals surface area contributed by atoms with Gasteiger partial charge < -0.3 is 19.2 Å². The van der Waals surface area contributed by atoms with Gasteiger partial charge in [-0.25, -0.2) is 4.79 Å². The standard InChI is InChI=1S/C24H24BrNO5/c1-4-30-24(28)21-13(2)26-17-11-15(19-6-5-9-31-19)12-18(27)23(17)22(21)14-7-8-20(29-3)16(25)10-14/h5-10,15,22,26H,4,11-12H2,1-3H3/t15-,22+/m0/s1. The molecule has 0 radical (unpaired) electrons. The number of carbonyl (C=O) groups is 2. The van der Waals surface area contributed by atoms with E-state index in [2.05, 4.69) is 21.2 Å². The summed E-state index contributed by atoms with van der Waals surface area (Å²) >= 11 is 3.53. The van der Waals surface area contributed by atoms with Crippen molar-refractivity contribution in [1.82, 2.24) is 5.32 Å². The van der Waals surface area contributed by atoms with E-state index >= 15 is 0 Å². The molecule has 0 saturated heterocycles. The first-order valence-electron chi connectivity index (χ1n) is 10.2. The first kappa shape index (κ1) is 21.4. The number of halogens is 1. The fraction of sp³-hybridized carbons (Fsp3) is 0.333. The molecule has 31 heavy (non-hydrogen) atoms. The Morgan fingerprint density at radius 2 is 2.10 bits per heavy atom. The van der Waals surface area contributed by atoms with Crippen LogP contribution in [0.3, 0.4) is 0 Å². The molecule has 4 rings (SSSR count). The molecular formula is C24H24BrNO5. The van der Waals surface area contributed by atoms with Gasteiger partial charge in [-0.2, -0.15) is 0 Å². The van der Waals surface area contributed by atoms with Gasteiger partial charge in [-0.3, -0.25) is 4.79 Å². The highest BCUT2D eigenvalue weighted by molar-refractivity contribution is 9.10. The number of allylic oxidation sites excluding steroid dienone is 3. The van der Waals surface area contributed by atoms with Gasteiger partial charge in [0.25, 0.3) is 0 Å². The van der Waals surface area contributed by atoms with E-state index in [4.69, 9.17) is 13.9 Å². The lowest BCUT2D eigenvalue weighted by molar-refractivity contribution is -0.138. The summed E-state index contributed by atoms with van der Waals surface area (Å²) in [6.07, 6.45) is 2.59. The van der Waals surface area contributed by atoms with E-state index in [1.54, 1.807) is 20.3 Å². The lowest BCUT2D eigenvalue weighted by Gasteiger charge is -2.36. The van der Waals surface area contributed by atoms with Crippen molar-refractivity contribution in [3.05, 3.63) is 74.9 Å². The minimum Gasteiger partial charge on any atom is -0.496 e. The van der Waals surface area contributed by atoms with Crippen molar-refractivity contribution in [1.29, 1.82) is 0 Å². The van der Waals surface area contributed by atoms with Gasteiger partial charge in [0.15, 0.2) is 5.78 Å². The number of hydrogen-bond donors (Lipinski definition) is 1. The van der Waals surface area contributed by atoms with Crippen LogP contribution in [0.15, 0.2) is 68.0 Å². The number of furan rings is 1. The van der Waals surface area contributed by atoms with Crippen molar-refractivity contribution in [3.8, 4) is 5.75 Å². The molecule has 2 heterocycles. The number of benzene rings is 1. The van der Waals surface area contributed by atoms with Crippen LogP contribution < -0.4 is 10.1 Å². The van der Waals surface area contributed by atoms with Crippen molar-refractivity contribution in [2.75, 3.05) is 13.7 Å². The third-order valence-electron chi connectivity index (χ3n) is 5.78. The van der Waals surface area contributed by atoms with Crippen molar-refractivity contribution in [2.45, 2.75) is 38.5 Å². The number of methoxy groups -OCH3 is 1. The summed E-state index contributed by atoms with van der Waals surface area (Å²) in [5, 5.41) is 3.33. The van der Waals surface area contributed by atoms with Crippen LogP contribution in [-0.2, 0) is 14.3 Å². The predicted molar refractivity (Wildman–Crippen MR) is 119 cm³/mol. The Labute approximate surface area is 189 Å². The Bertz CT molecular complexity index is 1080. The maximum Gasteiger partial charge on any atom is 0.336 e. The van der Waals surface area contributed by atoms with Crippen LogP contribution in [0, 0.1) is 0 Å². The van der Waals surface area contributed by atoms with E-state index in [1.807, 2.05) is 37.3 Å². The van der Waals surface area contributed by atoms with Gasteiger partial charge in [-0.1, -0.05) is 6.07 Å². The number of rotatable bonds is 5. The predicted octanol–water partition coefficient (Wildman–Crippen LogP) is 4.98. The Morgan fingerprint density at radius 1 is 1.29 bits per heavy atom. The SMILES string of the molecule is CCOC(=O)C1=C(C)NC2=C(C(=O)C[C@@H](c3ccco3)C2)[C@@H]1c1ccc(OC)c(Br)c1. The van der Waals surface area contributed by atoms with Gasteiger partial charge in [0, 0.05) is 35.2 Å². The highest BCUT2D eigenvalue weighted by atomic mass is 79.9. The quantitative estimate of drug-likeness (QED) is 0.602. The molecule has 1 aliphatic heterocycles. The zero-order valence-electron chi connectivity index (χ0n) is 17.7. The van der Waals surface area contributed by atoms with E-state index in [0.29, 0.717) is 35.4 Å². The number of esters is 1. The summed E-state index contributed by atoms with van der Waals surface area (Å²) in [4.78, 5) is 26.3. The number of ether oxygens (including phenoxy) is 2. The summed E-state index contributed by atoms with van der Waals surface area (Å²) in [5.41, 5.74) is 3.44. The van der Waals surface area contributed by atoms with Gasteiger partial charge in [-0.05, 0) is 66.0 Å². The van der Waals surface area contributed by atoms with Gasteiger partial charge in [0.05, 0.1) is 30.0 Å². The Balaban J connectivity index is 1.83. The second kappa shape index (κ2) is 8.75. The van der Waals surface area contributed by atoms with E-state index in [9.17, 15) is 9.59 Å². The van der Waals surface area contributed by atoms with Crippen LogP contribution in [-0.4, -0.2) is 25.5 Å². The Morgan fingerprint density at radius 3 is 2.74 bits per heavy atom. The van der Waals surface area contributed by atoms with Gasteiger partial charge in [0.2, 0.25) is 0 Å². The van der Waals surface area contributed by atoms with Gasteiger partial charge in [-0.15, -0.1) is 0 Å². The summed E-state index contributed by atoms with van der Waals surface area (Å²) in [6.45, 7) is 3.88. The highest BCUT2D eigenvalue weighted by Crippen LogP contribution is 2.46. The van der Waals surface area contributed by atoms with Crippen molar-refractivity contribution in [3.63, 3.8) is 0 Å². The molecule has 1 aromatic heterocycles. The van der Waals surface area contributed by atoms with Crippen LogP contribution in [0.5, 0.6) is 5.75 Å².